The van der Waals surface area contributed by atoms with Crippen LogP contribution in [0.3, 0.4) is 0 Å². The van der Waals surface area contributed by atoms with Crippen molar-refractivity contribution in [2.24, 2.45) is 0 Å². The van der Waals surface area contributed by atoms with E-state index in [-0.39, 0.29) is 0 Å². The first kappa shape index (κ1) is 11.8. The number of rotatable bonds is 5. The quantitative estimate of drug-likeness (QED) is 0.625. The number of hydrogen-bond acceptors (Lipinski definition) is 3. The number of ether oxygens (including phenoxy) is 2. The third-order valence-corrected chi connectivity index (χ3v) is 2.66. The van der Waals surface area contributed by atoms with Gasteiger partial charge in [0.15, 0.2) is 11.5 Å². The molecular weight excluding hydrogens is 214 g/mol. The lowest BCUT2D eigenvalue weighted by Crippen LogP contribution is -2.01. The zero-order valence-corrected chi connectivity index (χ0v) is 10.1. The van der Waals surface area contributed by atoms with Crippen LogP contribution in [-0.2, 0) is 0 Å². The van der Waals surface area contributed by atoms with Crippen molar-refractivity contribution < 1.29 is 9.47 Å². The first-order chi connectivity index (χ1) is 8.40. The Morgan fingerprint density at radius 3 is 2.88 bits per heavy atom. The third kappa shape index (κ3) is 3.41. The van der Waals surface area contributed by atoms with Gasteiger partial charge in [0, 0.05) is 24.7 Å². The highest BCUT2D eigenvalue weighted by Crippen LogP contribution is 2.32. The normalized spacial score (nSPS) is 13.9. The summed E-state index contributed by atoms with van der Waals surface area (Å²) in [4.78, 5) is 0. The van der Waals surface area contributed by atoms with Gasteiger partial charge in [0.05, 0.1) is 13.2 Å². The van der Waals surface area contributed by atoms with E-state index in [9.17, 15) is 0 Å². The summed E-state index contributed by atoms with van der Waals surface area (Å²) in [7, 11) is 0. The monoisotopic (exact) mass is 233 g/mol. The molecule has 1 aromatic carbocycles. The summed E-state index contributed by atoms with van der Waals surface area (Å²) in [5, 5.41) is 3.37. The minimum absolute atomic E-state index is 0.729. The highest BCUT2D eigenvalue weighted by Gasteiger charge is 2.10. The minimum atomic E-state index is 0.729. The van der Waals surface area contributed by atoms with E-state index in [2.05, 4.69) is 11.9 Å². The molecule has 2 rings (SSSR count). The van der Waals surface area contributed by atoms with Crippen molar-refractivity contribution in [2.45, 2.75) is 19.3 Å². The highest BCUT2D eigenvalue weighted by molar-refractivity contribution is 5.54. The second-order valence-corrected chi connectivity index (χ2v) is 4.07. The van der Waals surface area contributed by atoms with Crippen molar-refractivity contribution in [3.05, 3.63) is 30.9 Å². The van der Waals surface area contributed by atoms with Crippen LogP contribution in [0.25, 0.3) is 0 Å². The van der Waals surface area contributed by atoms with Crippen LogP contribution in [0.2, 0.25) is 0 Å². The molecule has 0 aromatic heterocycles. The summed E-state index contributed by atoms with van der Waals surface area (Å²) in [5.74, 6) is 1.69. The number of anilines is 1. The summed E-state index contributed by atoms with van der Waals surface area (Å²) in [6.07, 6.45) is 5.02. The average Bonchev–Trinajstić information content (AvgIpc) is 2.59. The number of nitrogens with one attached hydrogen (secondary N) is 1. The van der Waals surface area contributed by atoms with Crippen LogP contribution in [0.15, 0.2) is 30.9 Å². The molecule has 1 aliphatic rings. The van der Waals surface area contributed by atoms with Gasteiger partial charge in [-0.3, -0.25) is 0 Å². The molecule has 0 spiro atoms. The fourth-order valence-corrected chi connectivity index (χ4v) is 1.75. The van der Waals surface area contributed by atoms with Crippen LogP contribution in [-0.4, -0.2) is 19.8 Å². The summed E-state index contributed by atoms with van der Waals surface area (Å²) in [6, 6.07) is 6.01. The molecule has 0 atom stereocenters. The van der Waals surface area contributed by atoms with E-state index in [1.165, 1.54) is 0 Å². The molecule has 0 fully saturated rings. The molecule has 1 aliphatic heterocycles. The van der Waals surface area contributed by atoms with Gasteiger partial charge in [-0.15, -0.1) is 6.58 Å². The van der Waals surface area contributed by atoms with E-state index in [0.717, 1.165) is 56.2 Å². The molecule has 0 saturated carbocycles. The van der Waals surface area contributed by atoms with Crippen molar-refractivity contribution in [1.29, 1.82) is 0 Å². The molecule has 0 saturated heterocycles. The van der Waals surface area contributed by atoms with Crippen LogP contribution < -0.4 is 14.8 Å². The molecule has 0 amide bonds. The third-order valence-electron chi connectivity index (χ3n) is 2.66. The van der Waals surface area contributed by atoms with Gasteiger partial charge < -0.3 is 14.8 Å². The minimum Gasteiger partial charge on any atom is -0.490 e. The Balaban J connectivity index is 1.95. The lowest BCUT2D eigenvalue weighted by Gasteiger charge is -2.10. The average molecular weight is 233 g/mol. The van der Waals surface area contributed by atoms with Gasteiger partial charge in [0.25, 0.3) is 0 Å². The van der Waals surface area contributed by atoms with Crippen LogP contribution >= 0.6 is 0 Å². The number of unbranched alkanes of at least 4 members (excludes halogenated alkanes) is 1. The zero-order valence-electron chi connectivity index (χ0n) is 10.1. The van der Waals surface area contributed by atoms with Crippen molar-refractivity contribution in [3.8, 4) is 11.5 Å². The van der Waals surface area contributed by atoms with Gasteiger partial charge in [-0.05, 0) is 25.0 Å². The molecule has 1 N–H and O–H groups in total. The molecule has 0 radical (unpaired) electrons. The van der Waals surface area contributed by atoms with Crippen LogP contribution in [0.5, 0.6) is 11.5 Å². The molecule has 0 unspecified atom stereocenters. The number of fused-ring (bicyclic) bond motifs is 1. The number of allylic oxidation sites excluding steroid dienone is 1. The Labute approximate surface area is 102 Å². The molecule has 3 heteroatoms. The van der Waals surface area contributed by atoms with Gasteiger partial charge in [0.1, 0.15) is 0 Å². The second-order valence-electron chi connectivity index (χ2n) is 4.07. The lowest BCUT2D eigenvalue weighted by molar-refractivity contribution is 0.297. The SMILES string of the molecule is C=CCCCNc1ccc2c(c1)OCCCO2. The van der Waals surface area contributed by atoms with Gasteiger partial charge in [-0.1, -0.05) is 6.08 Å². The Kier molecular flexibility index (Phi) is 4.30. The van der Waals surface area contributed by atoms with Crippen LogP contribution in [0.1, 0.15) is 19.3 Å². The van der Waals surface area contributed by atoms with Gasteiger partial charge in [0.2, 0.25) is 0 Å². The van der Waals surface area contributed by atoms with E-state index in [1.807, 2.05) is 24.3 Å². The van der Waals surface area contributed by atoms with E-state index >= 15 is 0 Å². The summed E-state index contributed by atoms with van der Waals surface area (Å²) >= 11 is 0. The van der Waals surface area contributed by atoms with Crippen molar-refractivity contribution in [2.75, 3.05) is 25.1 Å². The standard InChI is InChI=1S/C14H19NO2/c1-2-3-4-8-15-12-6-7-13-14(11-12)17-10-5-9-16-13/h2,6-7,11,15H,1,3-5,8-10H2. The van der Waals surface area contributed by atoms with Crippen LogP contribution in [0, 0.1) is 0 Å². The predicted molar refractivity (Wildman–Crippen MR) is 70.0 cm³/mol. The molecular formula is C14H19NO2. The molecule has 0 aliphatic carbocycles. The topological polar surface area (TPSA) is 30.5 Å². The van der Waals surface area contributed by atoms with Crippen molar-refractivity contribution >= 4 is 5.69 Å². The Morgan fingerprint density at radius 2 is 2.06 bits per heavy atom. The first-order valence-electron chi connectivity index (χ1n) is 6.14. The summed E-state index contributed by atoms with van der Waals surface area (Å²) < 4.78 is 11.2. The smallest absolute Gasteiger partial charge is 0.163 e. The first-order valence-corrected chi connectivity index (χ1v) is 6.14. The second kappa shape index (κ2) is 6.18. The van der Waals surface area contributed by atoms with E-state index < -0.39 is 0 Å². The molecule has 3 nitrogen and oxygen atoms in total. The van der Waals surface area contributed by atoms with Crippen molar-refractivity contribution in [3.63, 3.8) is 0 Å². The Morgan fingerprint density at radius 1 is 1.24 bits per heavy atom. The maximum atomic E-state index is 5.64. The highest BCUT2D eigenvalue weighted by atomic mass is 16.5. The Bertz CT molecular complexity index is 376. The van der Waals surface area contributed by atoms with Crippen molar-refractivity contribution in [1.82, 2.24) is 0 Å². The maximum absolute atomic E-state index is 5.64. The number of hydrogen-bond donors (Lipinski definition) is 1. The van der Waals surface area contributed by atoms with Gasteiger partial charge in [-0.25, -0.2) is 0 Å². The van der Waals surface area contributed by atoms with Gasteiger partial charge in [-0.2, -0.15) is 0 Å². The van der Waals surface area contributed by atoms with Crippen LogP contribution in [0.4, 0.5) is 5.69 Å². The molecule has 17 heavy (non-hydrogen) atoms. The zero-order chi connectivity index (χ0) is 11.9. The fourth-order valence-electron chi connectivity index (χ4n) is 1.75. The maximum Gasteiger partial charge on any atom is 0.163 e. The fraction of sp³-hybridized carbons (Fsp3) is 0.429. The van der Waals surface area contributed by atoms with E-state index in [1.54, 1.807) is 0 Å². The molecule has 1 aromatic rings. The summed E-state index contributed by atoms with van der Waals surface area (Å²) in [6.45, 7) is 6.12. The molecule has 0 bridgehead atoms. The largest absolute Gasteiger partial charge is 0.490 e. The molecule has 92 valence electrons. The van der Waals surface area contributed by atoms with E-state index in [4.69, 9.17) is 9.47 Å². The van der Waals surface area contributed by atoms with Gasteiger partial charge >= 0.3 is 0 Å². The van der Waals surface area contributed by atoms with E-state index in [0.29, 0.717) is 0 Å². The lowest BCUT2D eigenvalue weighted by atomic mass is 10.2. The predicted octanol–water partition coefficient (Wildman–Crippen LogP) is 3.23. The molecule has 1 heterocycles. The summed E-state index contributed by atoms with van der Waals surface area (Å²) in [5.41, 5.74) is 1.08. The number of benzene rings is 1. The Hall–Kier alpha value is -1.64.